The van der Waals surface area contributed by atoms with Crippen LogP contribution in [-0.4, -0.2) is 64.6 Å². The van der Waals surface area contributed by atoms with Crippen LogP contribution in [0.2, 0.25) is 0 Å². The molecule has 0 amide bonds. The summed E-state index contributed by atoms with van der Waals surface area (Å²) in [4.78, 5) is 2.31. The van der Waals surface area contributed by atoms with Crippen LogP contribution in [0.4, 0.5) is 0 Å². The lowest BCUT2D eigenvalue weighted by Gasteiger charge is -2.37. The molecule has 0 aromatic carbocycles. The molecule has 2 N–H and O–H groups in total. The van der Waals surface area contributed by atoms with Crippen molar-refractivity contribution in [3.8, 4) is 0 Å². The molecule has 0 aromatic rings. The van der Waals surface area contributed by atoms with Crippen molar-refractivity contribution in [2.75, 3.05) is 51.8 Å². The molecule has 0 radical (unpaired) electrons. The van der Waals surface area contributed by atoms with Crippen LogP contribution in [0.3, 0.4) is 0 Å². The fourth-order valence-corrected chi connectivity index (χ4v) is 6.16. The normalized spacial score (nSPS) is 37.0. The van der Waals surface area contributed by atoms with Crippen molar-refractivity contribution in [2.45, 2.75) is 0 Å². The number of rotatable bonds is 3. The quantitative estimate of drug-likeness (QED) is 0.681. The molecule has 7 heteroatoms. The summed E-state index contributed by atoms with van der Waals surface area (Å²) in [6.07, 6.45) is 0. The van der Waals surface area contributed by atoms with E-state index < -0.39 is 7.95 Å². The Morgan fingerprint density at radius 3 is 2.07 bits per heavy atom. The van der Waals surface area contributed by atoms with Crippen molar-refractivity contribution in [2.24, 2.45) is 5.73 Å². The number of hydrogen-bond acceptors (Lipinski definition) is 6. The minimum atomic E-state index is -2.44. The summed E-state index contributed by atoms with van der Waals surface area (Å²) in [5.74, 6) is 0.843. The van der Waals surface area contributed by atoms with Gasteiger partial charge in [-0.15, -0.1) is 0 Å². The Kier molecular flexibility index (Phi) is 4.44. The Morgan fingerprint density at radius 2 is 1.60 bits per heavy atom. The van der Waals surface area contributed by atoms with Gasteiger partial charge in [0.25, 0.3) is 0 Å². The molecular formula is C8H18N2O3SSi. The molecule has 3 rings (SSSR count). The highest BCUT2D eigenvalue weighted by atomic mass is 32.4. The molecule has 0 unspecified atom stereocenters. The lowest BCUT2D eigenvalue weighted by atomic mass is 10.4. The second-order valence-corrected chi connectivity index (χ2v) is 8.45. The van der Waals surface area contributed by atoms with E-state index in [1.807, 2.05) is 0 Å². The summed E-state index contributed by atoms with van der Waals surface area (Å²) in [5, 5.41) is 0. The van der Waals surface area contributed by atoms with Gasteiger partial charge in [0.1, 0.15) is 0 Å². The van der Waals surface area contributed by atoms with Gasteiger partial charge in [-0.1, -0.05) is 11.2 Å². The van der Waals surface area contributed by atoms with Crippen LogP contribution in [0.1, 0.15) is 0 Å². The topological polar surface area (TPSA) is 57.0 Å². The summed E-state index contributed by atoms with van der Waals surface area (Å²) in [5.41, 5.74) is 5.51. The first-order chi connectivity index (χ1) is 7.35. The lowest BCUT2D eigenvalue weighted by Crippen LogP contribution is -2.53. The average molecular weight is 250 g/mol. The van der Waals surface area contributed by atoms with Crippen molar-refractivity contribution in [1.82, 2.24) is 4.90 Å². The molecule has 3 saturated heterocycles. The molecule has 15 heavy (non-hydrogen) atoms. The van der Waals surface area contributed by atoms with Gasteiger partial charge in [-0.05, 0) is 0 Å². The predicted molar refractivity (Wildman–Crippen MR) is 61.6 cm³/mol. The third-order valence-electron chi connectivity index (χ3n) is 2.46. The maximum Gasteiger partial charge on any atom is 0.573 e. The molecule has 0 aliphatic carbocycles. The first kappa shape index (κ1) is 11.8. The number of nitrogens with zero attached hydrogens (tertiary/aromatic N) is 1. The van der Waals surface area contributed by atoms with Crippen LogP contribution in [0.15, 0.2) is 0 Å². The van der Waals surface area contributed by atoms with Gasteiger partial charge in [-0.2, -0.15) is 0 Å². The summed E-state index contributed by atoms with van der Waals surface area (Å²) in [6, 6.07) is 0. The van der Waals surface area contributed by atoms with Crippen LogP contribution in [-0.2, 0) is 13.3 Å². The fraction of sp³-hybridized carbons (Fsp3) is 1.00. The Balaban J connectivity index is 1.98. The van der Waals surface area contributed by atoms with E-state index in [0.29, 0.717) is 26.4 Å². The average Bonchev–Trinajstić information content (AvgIpc) is 2.14. The highest BCUT2D eigenvalue weighted by Gasteiger charge is 2.45. The third kappa shape index (κ3) is 3.16. The molecule has 3 aliphatic heterocycles. The molecule has 3 aliphatic rings. The van der Waals surface area contributed by atoms with Gasteiger partial charge in [0, 0.05) is 31.9 Å². The first-order valence-corrected chi connectivity index (χ1v) is 8.76. The third-order valence-corrected chi connectivity index (χ3v) is 7.66. The van der Waals surface area contributed by atoms with Gasteiger partial charge in [-0.25, -0.2) is 0 Å². The van der Waals surface area contributed by atoms with E-state index >= 15 is 0 Å². The van der Waals surface area contributed by atoms with Crippen molar-refractivity contribution < 1.29 is 13.3 Å². The maximum absolute atomic E-state index is 5.80. The molecule has 0 spiro atoms. The molecule has 2 bridgehead atoms. The molecule has 3 fully saturated rings. The van der Waals surface area contributed by atoms with Crippen LogP contribution < -0.4 is 5.73 Å². The minimum Gasteiger partial charge on any atom is -0.364 e. The van der Waals surface area contributed by atoms with E-state index in [1.165, 1.54) is 0 Å². The molecular weight excluding hydrogens is 232 g/mol. The predicted octanol–water partition coefficient (Wildman–Crippen LogP) is -0.507. The van der Waals surface area contributed by atoms with E-state index in [2.05, 4.69) is 4.90 Å². The van der Waals surface area contributed by atoms with E-state index in [0.717, 1.165) is 25.4 Å². The van der Waals surface area contributed by atoms with Crippen LogP contribution in [0.25, 0.3) is 0 Å². The zero-order chi connectivity index (χ0) is 10.6. The van der Waals surface area contributed by atoms with E-state index in [-0.39, 0.29) is 0 Å². The standard InChI is InChI=1S/C8H18N2O3SSi/c9-1-8-14-15-11-5-2-10(3-6-12-15)4-7-13-15/h1-9H2. The van der Waals surface area contributed by atoms with Crippen LogP contribution in [0, 0.1) is 0 Å². The molecule has 0 aromatic heterocycles. The Bertz CT molecular complexity index is 178. The minimum absolute atomic E-state index is 0.640. The molecule has 5 nitrogen and oxygen atoms in total. The summed E-state index contributed by atoms with van der Waals surface area (Å²) in [7, 11) is -2.44. The lowest BCUT2D eigenvalue weighted by molar-refractivity contribution is 0.00867. The van der Waals surface area contributed by atoms with Crippen LogP contribution in [0.5, 0.6) is 0 Å². The highest BCUT2D eigenvalue weighted by Crippen LogP contribution is 2.26. The van der Waals surface area contributed by atoms with Gasteiger partial charge >= 0.3 is 7.95 Å². The summed E-state index contributed by atoms with van der Waals surface area (Å²) < 4.78 is 17.4. The van der Waals surface area contributed by atoms with Crippen molar-refractivity contribution in [3.05, 3.63) is 0 Å². The van der Waals surface area contributed by atoms with Gasteiger partial charge < -0.3 is 19.0 Å². The monoisotopic (exact) mass is 250 g/mol. The summed E-state index contributed by atoms with van der Waals surface area (Å²) in [6.45, 7) is 5.75. The van der Waals surface area contributed by atoms with Crippen LogP contribution >= 0.6 is 11.2 Å². The molecule has 3 heterocycles. The Hall–Kier alpha value is 0.367. The van der Waals surface area contributed by atoms with Gasteiger partial charge in [-0.3, -0.25) is 4.90 Å². The Morgan fingerprint density at radius 1 is 1.07 bits per heavy atom. The van der Waals surface area contributed by atoms with Gasteiger partial charge in [0.15, 0.2) is 0 Å². The largest absolute Gasteiger partial charge is 0.573 e. The first-order valence-electron chi connectivity index (χ1n) is 5.33. The smallest absolute Gasteiger partial charge is 0.364 e. The van der Waals surface area contributed by atoms with Crippen molar-refractivity contribution in [1.29, 1.82) is 0 Å². The van der Waals surface area contributed by atoms with Gasteiger partial charge in [0.2, 0.25) is 0 Å². The zero-order valence-corrected chi connectivity index (χ0v) is 10.6. The van der Waals surface area contributed by atoms with E-state index in [1.54, 1.807) is 11.2 Å². The fourth-order valence-electron chi connectivity index (χ4n) is 1.67. The van der Waals surface area contributed by atoms with Gasteiger partial charge in [0.05, 0.1) is 19.8 Å². The van der Waals surface area contributed by atoms with E-state index in [9.17, 15) is 0 Å². The highest BCUT2D eigenvalue weighted by molar-refractivity contribution is 8.26. The van der Waals surface area contributed by atoms with Crippen molar-refractivity contribution >= 4 is 19.2 Å². The number of nitrogens with two attached hydrogens (primary N) is 1. The second kappa shape index (κ2) is 5.62. The maximum atomic E-state index is 5.80. The summed E-state index contributed by atoms with van der Waals surface area (Å²) >= 11 is 1.65. The number of hydrogen-bond donors (Lipinski definition) is 1. The Labute approximate surface area is 95.2 Å². The molecule has 88 valence electrons. The second-order valence-electron chi connectivity index (χ2n) is 3.52. The van der Waals surface area contributed by atoms with Crippen molar-refractivity contribution in [3.63, 3.8) is 0 Å². The SMILES string of the molecule is NCCS[Si]12OCCN(CCO1)CCO2. The molecule has 0 saturated carbocycles. The zero-order valence-electron chi connectivity index (χ0n) is 8.81. The molecule has 0 atom stereocenters. The number of fused-ring (bicyclic) bond motifs is 6. The van der Waals surface area contributed by atoms with E-state index in [4.69, 9.17) is 19.0 Å².